The molecule has 1 aromatic carbocycles. The van der Waals surface area contributed by atoms with Gasteiger partial charge in [0.2, 0.25) is 0 Å². The van der Waals surface area contributed by atoms with E-state index in [-0.39, 0.29) is 30.0 Å². The number of aromatic nitrogens is 1. The molecule has 1 unspecified atom stereocenters. The Morgan fingerprint density at radius 3 is 2.50 bits per heavy atom. The molecule has 0 saturated carbocycles. The predicted molar refractivity (Wildman–Crippen MR) is 113 cm³/mol. The van der Waals surface area contributed by atoms with Crippen molar-refractivity contribution in [2.24, 2.45) is 4.99 Å². The van der Waals surface area contributed by atoms with Gasteiger partial charge in [-0.2, -0.15) is 0 Å². The first-order valence-corrected chi connectivity index (χ1v) is 8.49. The molecular formula is C17H26IN5S. The number of hydrogen-bond donors (Lipinski definition) is 2. The summed E-state index contributed by atoms with van der Waals surface area (Å²) in [5, 5.41) is 7.78. The van der Waals surface area contributed by atoms with Crippen molar-refractivity contribution in [3.8, 4) is 0 Å². The van der Waals surface area contributed by atoms with Crippen molar-refractivity contribution in [2.75, 3.05) is 27.7 Å². The summed E-state index contributed by atoms with van der Waals surface area (Å²) in [6, 6.07) is 10.8. The van der Waals surface area contributed by atoms with Gasteiger partial charge in [-0.1, -0.05) is 30.3 Å². The Kier molecular flexibility index (Phi) is 9.24. The number of rotatable bonds is 6. The van der Waals surface area contributed by atoms with Gasteiger partial charge in [0.1, 0.15) is 5.01 Å². The second-order valence-electron chi connectivity index (χ2n) is 5.56. The monoisotopic (exact) mass is 459 g/mol. The SMILES string of the molecule is CN=C(NCc1ncc(C)s1)NCC(c1ccccc1)N(C)C.I. The van der Waals surface area contributed by atoms with Crippen molar-refractivity contribution in [3.05, 3.63) is 52.0 Å². The fourth-order valence-electron chi connectivity index (χ4n) is 2.33. The Balaban J connectivity index is 0.00000288. The number of hydrogen-bond acceptors (Lipinski definition) is 4. The maximum atomic E-state index is 4.36. The molecule has 0 aliphatic carbocycles. The van der Waals surface area contributed by atoms with E-state index in [9.17, 15) is 0 Å². The third-order valence-electron chi connectivity index (χ3n) is 3.57. The lowest BCUT2D eigenvalue weighted by Crippen LogP contribution is -2.41. The highest BCUT2D eigenvalue weighted by Crippen LogP contribution is 2.16. The number of guanidine groups is 1. The van der Waals surface area contributed by atoms with Gasteiger partial charge in [-0.3, -0.25) is 4.99 Å². The second-order valence-corrected chi connectivity index (χ2v) is 6.88. The van der Waals surface area contributed by atoms with E-state index in [4.69, 9.17) is 0 Å². The number of aryl methyl sites for hydroxylation is 1. The molecule has 0 bridgehead atoms. The Bertz CT molecular complexity index is 627. The zero-order valence-electron chi connectivity index (χ0n) is 14.6. The Morgan fingerprint density at radius 2 is 1.96 bits per heavy atom. The van der Waals surface area contributed by atoms with Gasteiger partial charge in [-0.25, -0.2) is 4.98 Å². The summed E-state index contributed by atoms with van der Waals surface area (Å²) < 4.78 is 0. The van der Waals surface area contributed by atoms with Gasteiger partial charge in [-0.05, 0) is 26.6 Å². The Hall–Kier alpha value is -1.19. The molecule has 0 fully saturated rings. The highest BCUT2D eigenvalue weighted by molar-refractivity contribution is 14.0. The Morgan fingerprint density at radius 1 is 1.25 bits per heavy atom. The summed E-state index contributed by atoms with van der Waals surface area (Å²) in [5.74, 6) is 0.792. The number of thiazole rings is 1. The molecule has 0 aliphatic rings. The molecule has 1 heterocycles. The van der Waals surface area contributed by atoms with Crippen molar-refractivity contribution in [1.82, 2.24) is 20.5 Å². The molecule has 0 aliphatic heterocycles. The molecule has 1 atom stereocenters. The summed E-state index contributed by atoms with van der Waals surface area (Å²) in [6.45, 7) is 3.54. The first-order valence-electron chi connectivity index (χ1n) is 7.67. The van der Waals surface area contributed by atoms with Crippen molar-refractivity contribution in [3.63, 3.8) is 0 Å². The van der Waals surface area contributed by atoms with E-state index in [1.807, 2.05) is 12.3 Å². The quantitative estimate of drug-likeness (QED) is 0.396. The average molecular weight is 459 g/mol. The number of aliphatic imine (C=N–C) groups is 1. The van der Waals surface area contributed by atoms with Gasteiger partial charge in [0, 0.05) is 24.7 Å². The van der Waals surface area contributed by atoms with Gasteiger partial charge < -0.3 is 15.5 Å². The summed E-state index contributed by atoms with van der Waals surface area (Å²) in [7, 11) is 5.97. The number of nitrogens with zero attached hydrogens (tertiary/aromatic N) is 3. The van der Waals surface area contributed by atoms with Crippen molar-refractivity contribution in [2.45, 2.75) is 19.5 Å². The summed E-state index contributed by atoms with van der Waals surface area (Å²) >= 11 is 1.70. The summed E-state index contributed by atoms with van der Waals surface area (Å²) in [4.78, 5) is 12.1. The third-order valence-corrected chi connectivity index (χ3v) is 4.48. The van der Waals surface area contributed by atoms with E-state index in [1.54, 1.807) is 18.4 Å². The Labute approximate surface area is 165 Å². The van der Waals surface area contributed by atoms with Crippen molar-refractivity contribution < 1.29 is 0 Å². The standard InChI is InChI=1S/C17H25N5S.HI/c1-13-10-19-16(23-13)12-21-17(18-2)20-11-15(22(3)4)14-8-6-5-7-9-14;/h5-10,15H,11-12H2,1-4H3,(H2,18,20,21);1H. The first kappa shape index (κ1) is 20.9. The largest absolute Gasteiger partial charge is 0.354 e. The number of benzene rings is 1. The lowest BCUT2D eigenvalue weighted by Gasteiger charge is -2.26. The number of nitrogens with one attached hydrogen (secondary N) is 2. The van der Waals surface area contributed by atoms with Gasteiger partial charge in [0.05, 0.1) is 12.6 Å². The summed E-state index contributed by atoms with van der Waals surface area (Å²) in [5.41, 5.74) is 1.29. The predicted octanol–water partition coefficient (Wildman–Crippen LogP) is 3.04. The average Bonchev–Trinajstić information content (AvgIpc) is 2.96. The number of halogens is 1. The van der Waals surface area contributed by atoms with Crippen LogP contribution in [-0.2, 0) is 6.54 Å². The fourth-order valence-corrected chi connectivity index (χ4v) is 3.06. The van der Waals surface area contributed by atoms with Gasteiger partial charge in [0.25, 0.3) is 0 Å². The topological polar surface area (TPSA) is 52.6 Å². The molecule has 0 amide bonds. The number of likely N-dealkylation sites (N-methyl/N-ethyl adjacent to an activating group) is 1. The molecule has 2 N–H and O–H groups in total. The summed E-state index contributed by atoms with van der Waals surface area (Å²) in [6.07, 6.45) is 1.90. The van der Waals surface area contributed by atoms with Crippen LogP contribution in [0.4, 0.5) is 0 Å². The molecule has 2 aromatic rings. The molecule has 7 heteroatoms. The van der Waals surface area contributed by atoms with Crippen molar-refractivity contribution in [1.29, 1.82) is 0 Å². The fraction of sp³-hybridized carbons (Fsp3) is 0.412. The minimum Gasteiger partial charge on any atom is -0.354 e. The van der Waals surface area contributed by atoms with Crippen LogP contribution >= 0.6 is 35.3 Å². The van der Waals surface area contributed by atoms with Gasteiger partial charge in [0.15, 0.2) is 5.96 Å². The molecule has 0 spiro atoms. The first-order chi connectivity index (χ1) is 11.1. The van der Waals surface area contributed by atoms with E-state index < -0.39 is 0 Å². The van der Waals surface area contributed by atoms with E-state index in [2.05, 4.69) is 70.8 Å². The second kappa shape index (κ2) is 10.6. The zero-order chi connectivity index (χ0) is 16.7. The van der Waals surface area contributed by atoms with Crippen LogP contribution in [0.25, 0.3) is 0 Å². The minimum atomic E-state index is 0. The molecule has 2 rings (SSSR count). The molecular weight excluding hydrogens is 433 g/mol. The van der Waals surface area contributed by atoms with E-state index in [0.717, 1.165) is 17.5 Å². The molecule has 24 heavy (non-hydrogen) atoms. The van der Waals surface area contributed by atoms with Gasteiger partial charge >= 0.3 is 0 Å². The van der Waals surface area contributed by atoms with Gasteiger partial charge in [-0.15, -0.1) is 35.3 Å². The van der Waals surface area contributed by atoms with E-state index in [0.29, 0.717) is 6.54 Å². The molecule has 0 saturated heterocycles. The van der Waals surface area contributed by atoms with Crippen LogP contribution in [0.3, 0.4) is 0 Å². The smallest absolute Gasteiger partial charge is 0.191 e. The van der Waals surface area contributed by atoms with Crippen LogP contribution in [0.1, 0.15) is 21.5 Å². The maximum absolute atomic E-state index is 4.36. The maximum Gasteiger partial charge on any atom is 0.191 e. The van der Waals surface area contributed by atoms with Crippen LogP contribution < -0.4 is 10.6 Å². The van der Waals surface area contributed by atoms with Crippen molar-refractivity contribution >= 4 is 41.3 Å². The van der Waals surface area contributed by atoms with Crippen LogP contribution in [0.2, 0.25) is 0 Å². The zero-order valence-corrected chi connectivity index (χ0v) is 17.8. The van der Waals surface area contributed by atoms with Crippen LogP contribution in [0.15, 0.2) is 41.5 Å². The highest BCUT2D eigenvalue weighted by atomic mass is 127. The normalized spacial score (nSPS) is 12.6. The molecule has 5 nitrogen and oxygen atoms in total. The lowest BCUT2D eigenvalue weighted by molar-refractivity contribution is 0.298. The van der Waals surface area contributed by atoms with Crippen LogP contribution in [0, 0.1) is 6.92 Å². The molecule has 1 aromatic heterocycles. The molecule has 0 radical (unpaired) electrons. The lowest BCUT2D eigenvalue weighted by atomic mass is 10.1. The van der Waals surface area contributed by atoms with Crippen LogP contribution in [-0.4, -0.2) is 43.5 Å². The minimum absolute atomic E-state index is 0. The highest BCUT2D eigenvalue weighted by Gasteiger charge is 2.14. The third kappa shape index (κ3) is 6.37. The van der Waals surface area contributed by atoms with E-state index >= 15 is 0 Å². The molecule has 132 valence electrons. The van der Waals surface area contributed by atoms with E-state index in [1.165, 1.54) is 10.4 Å². The van der Waals surface area contributed by atoms with Crippen LogP contribution in [0.5, 0.6) is 0 Å².